The normalized spacial score (nSPS) is 14.2. The summed E-state index contributed by atoms with van der Waals surface area (Å²) in [4.78, 5) is 38.9. The summed E-state index contributed by atoms with van der Waals surface area (Å²) >= 11 is 10.3. The maximum Gasteiger partial charge on any atom is 0.294 e. The van der Waals surface area contributed by atoms with Crippen molar-refractivity contribution in [3.05, 3.63) is 92.0 Å². The number of halogens is 3. The number of carbonyl (C=O) groups is 3. The maximum atomic E-state index is 13.5. The molecule has 1 aliphatic rings. The summed E-state index contributed by atoms with van der Waals surface area (Å²) < 4.78 is 25.7. The number of ether oxygens (including phenoxy) is 2. The number of hydrogen-bond acceptors (Lipinski definition) is 6. The predicted octanol–water partition coefficient (Wildman–Crippen LogP) is 6.89. The Morgan fingerprint density at radius 2 is 1.92 bits per heavy atom. The third-order valence-electron chi connectivity index (χ3n) is 5.22. The Morgan fingerprint density at radius 1 is 1.13 bits per heavy atom. The second-order valence-electron chi connectivity index (χ2n) is 7.98. The van der Waals surface area contributed by atoms with Gasteiger partial charge in [0.15, 0.2) is 11.5 Å². The molecule has 1 aliphatic heterocycles. The lowest BCUT2D eigenvalue weighted by Crippen LogP contribution is -2.36. The largest absolute Gasteiger partial charge is 0.490 e. The molecule has 0 atom stereocenters. The molecule has 1 N–H and O–H groups in total. The van der Waals surface area contributed by atoms with Crippen molar-refractivity contribution < 1.29 is 28.2 Å². The zero-order chi connectivity index (χ0) is 27.2. The lowest BCUT2D eigenvalue weighted by molar-refractivity contribution is -0.127. The summed E-state index contributed by atoms with van der Waals surface area (Å²) in [5.74, 6) is -0.682. The quantitative estimate of drug-likeness (QED) is 0.263. The van der Waals surface area contributed by atoms with Crippen molar-refractivity contribution in [3.63, 3.8) is 0 Å². The van der Waals surface area contributed by atoms with Crippen molar-refractivity contribution in [3.8, 4) is 11.5 Å². The Labute approximate surface area is 236 Å². The first-order valence-electron chi connectivity index (χ1n) is 11.4. The van der Waals surface area contributed by atoms with Gasteiger partial charge in [-0.2, -0.15) is 0 Å². The number of hydrogen-bond donors (Lipinski definition) is 1. The van der Waals surface area contributed by atoms with Gasteiger partial charge in [-0.05, 0) is 88.2 Å². The number of benzene rings is 3. The van der Waals surface area contributed by atoms with E-state index in [1.807, 2.05) is 6.92 Å². The third-order valence-corrected chi connectivity index (χ3v) is 7.05. The smallest absolute Gasteiger partial charge is 0.294 e. The van der Waals surface area contributed by atoms with Crippen LogP contribution in [0.5, 0.6) is 11.5 Å². The van der Waals surface area contributed by atoms with Gasteiger partial charge >= 0.3 is 0 Å². The average molecular weight is 620 g/mol. The molecule has 0 aliphatic carbocycles. The molecule has 4 rings (SSSR count). The van der Waals surface area contributed by atoms with Gasteiger partial charge in [-0.15, -0.1) is 0 Å². The minimum absolute atomic E-state index is 0.116. The minimum atomic E-state index is -0.588. The number of imide groups is 1. The lowest BCUT2D eigenvalue weighted by Gasteiger charge is -2.15. The summed E-state index contributed by atoms with van der Waals surface area (Å²) in [5, 5.41) is 2.38. The molecule has 1 fully saturated rings. The van der Waals surface area contributed by atoms with Crippen LogP contribution in [0.15, 0.2) is 70.0 Å². The summed E-state index contributed by atoms with van der Waals surface area (Å²) in [6, 6.07) is 16.1. The molecule has 1 heterocycles. The fourth-order valence-corrected chi connectivity index (χ4v) is 5.14. The first kappa shape index (κ1) is 27.7. The molecule has 7 nitrogen and oxygen atoms in total. The highest BCUT2D eigenvalue weighted by Crippen LogP contribution is 2.39. The second kappa shape index (κ2) is 12.5. The van der Waals surface area contributed by atoms with E-state index in [0.717, 1.165) is 16.7 Å². The van der Waals surface area contributed by atoms with Gasteiger partial charge in [-0.3, -0.25) is 19.3 Å². The maximum absolute atomic E-state index is 13.5. The van der Waals surface area contributed by atoms with Crippen LogP contribution >= 0.6 is 39.3 Å². The van der Waals surface area contributed by atoms with Crippen molar-refractivity contribution in [2.24, 2.45) is 0 Å². The van der Waals surface area contributed by atoms with Gasteiger partial charge in [0.2, 0.25) is 5.91 Å². The van der Waals surface area contributed by atoms with Crippen LogP contribution in [0.1, 0.15) is 18.1 Å². The topological polar surface area (TPSA) is 84.9 Å². The van der Waals surface area contributed by atoms with E-state index in [4.69, 9.17) is 21.1 Å². The van der Waals surface area contributed by atoms with Gasteiger partial charge in [0.25, 0.3) is 11.1 Å². The summed E-state index contributed by atoms with van der Waals surface area (Å²) in [7, 11) is 0. The average Bonchev–Trinajstić information content (AvgIpc) is 3.12. The number of nitrogens with one attached hydrogen (secondary N) is 1. The van der Waals surface area contributed by atoms with Crippen LogP contribution in [-0.2, 0) is 16.2 Å². The highest BCUT2D eigenvalue weighted by atomic mass is 79.9. The van der Waals surface area contributed by atoms with Crippen LogP contribution in [0.3, 0.4) is 0 Å². The number of carbonyl (C=O) groups excluding carboxylic acids is 3. The Balaban J connectivity index is 1.50. The zero-order valence-corrected chi connectivity index (χ0v) is 23.2. The molecule has 11 heteroatoms. The van der Waals surface area contributed by atoms with Gasteiger partial charge in [-0.1, -0.05) is 35.9 Å². The highest BCUT2D eigenvalue weighted by Gasteiger charge is 2.36. The Bertz CT molecular complexity index is 1430. The predicted molar refractivity (Wildman–Crippen MR) is 149 cm³/mol. The monoisotopic (exact) mass is 618 g/mol. The number of rotatable bonds is 9. The first-order valence-corrected chi connectivity index (χ1v) is 13.4. The molecule has 0 saturated carbocycles. The molecule has 196 valence electrons. The summed E-state index contributed by atoms with van der Waals surface area (Å²) in [6.45, 7) is 1.83. The fraction of sp³-hybridized carbons (Fsp3) is 0.148. The molecule has 38 heavy (non-hydrogen) atoms. The van der Waals surface area contributed by atoms with E-state index < -0.39 is 23.6 Å². The molecule has 0 radical (unpaired) electrons. The van der Waals surface area contributed by atoms with Crippen molar-refractivity contribution in [1.82, 2.24) is 4.90 Å². The number of para-hydroxylation sites is 1. The van der Waals surface area contributed by atoms with Crippen LogP contribution in [-0.4, -0.2) is 35.1 Å². The Morgan fingerprint density at radius 3 is 2.66 bits per heavy atom. The highest BCUT2D eigenvalue weighted by molar-refractivity contribution is 9.10. The molecular formula is C27H21BrClFN2O5S. The third kappa shape index (κ3) is 6.75. The molecule has 0 spiro atoms. The van der Waals surface area contributed by atoms with Crippen LogP contribution < -0.4 is 14.8 Å². The van der Waals surface area contributed by atoms with Crippen molar-refractivity contribution in [1.29, 1.82) is 0 Å². The van der Waals surface area contributed by atoms with E-state index in [9.17, 15) is 18.8 Å². The lowest BCUT2D eigenvalue weighted by atomic mass is 10.1. The summed E-state index contributed by atoms with van der Waals surface area (Å²) in [6.07, 6.45) is 1.54. The van der Waals surface area contributed by atoms with Gasteiger partial charge < -0.3 is 14.8 Å². The standard InChI is InChI=1S/C27H21BrClFN2O5S/c1-2-36-22-12-17(11-19(28)25(22)37-15-16-6-5-7-18(30)10-16)13-23-26(34)32(27(35)38-23)14-24(33)31-21-9-4-3-8-20(21)29/h3-13H,2,14-15H2,1H3,(H,31,33)/b23-13+. The van der Waals surface area contributed by atoms with E-state index >= 15 is 0 Å². The van der Waals surface area contributed by atoms with Gasteiger partial charge in [-0.25, -0.2) is 4.39 Å². The van der Waals surface area contributed by atoms with Crippen molar-refractivity contribution in [2.45, 2.75) is 13.5 Å². The van der Waals surface area contributed by atoms with Gasteiger partial charge in [0, 0.05) is 0 Å². The van der Waals surface area contributed by atoms with Crippen LogP contribution in [0, 0.1) is 5.82 Å². The number of nitrogens with zero attached hydrogens (tertiary/aromatic N) is 1. The SMILES string of the molecule is CCOc1cc(/C=C2/SC(=O)N(CC(=O)Nc3ccccc3Cl)C2=O)cc(Br)c1OCc1cccc(F)c1. The first-order chi connectivity index (χ1) is 18.2. The van der Waals surface area contributed by atoms with E-state index in [0.29, 0.717) is 44.4 Å². The van der Waals surface area contributed by atoms with E-state index in [1.54, 1.807) is 54.6 Å². The van der Waals surface area contributed by atoms with E-state index in [2.05, 4.69) is 21.2 Å². The number of thioether (sulfide) groups is 1. The molecule has 3 aromatic rings. The van der Waals surface area contributed by atoms with Crippen LogP contribution in [0.4, 0.5) is 14.9 Å². The van der Waals surface area contributed by atoms with Crippen LogP contribution in [0.2, 0.25) is 5.02 Å². The number of anilines is 1. The molecule has 0 unspecified atom stereocenters. The minimum Gasteiger partial charge on any atom is -0.490 e. The molecule has 3 amide bonds. The Kier molecular flexibility index (Phi) is 9.09. The van der Waals surface area contributed by atoms with E-state index in [1.165, 1.54) is 12.1 Å². The summed E-state index contributed by atoms with van der Waals surface area (Å²) in [5.41, 5.74) is 1.61. The second-order valence-corrected chi connectivity index (χ2v) is 10.2. The van der Waals surface area contributed by atoms with E-state index in [-0.39, 0.29) is 17.3 Å². The molecule has 0 aromatic heterocycles. The van der Waals surface area contributed by atoms with Gasteiger partial charge in [0.05, 0.1) is 26.7 Å². The molecule has 3 aromatic carbocycles. The Hall–Kier alpha value is -3.34. The molecule has 1 saturated heterocycles. The van der Waals surface area contributed by atoms with Crippen molar-refractivity contribution >= 4 is 68.1 Å². The molecule has 0 bridgehead atoms. The van der Waals surface area contributed by atoms with Crippen LogP contribution in [0.25, 0.3) is 6.08 Å². The molecular weight excluding hydrogens is 599 g/mol. The number of amides is 3. The fourth-order valence-electron chi connectivity index (χ4n) is 3.54. The zero-order valence-electron chi connectivity index (χ0n) is 20.0. The van der Waals surface area contributed by atoms with Gasteiger partial charge in [0.1, 0.15) is 19.0 Å². The van der Waals surface area contributed by atoms with Crippen molar-refractivity contribution in [2.75, 3.05) is 18.5 Å².